The first kappa shape index (κ1) is 32.6. The first-order valence-corrected chi connectivity index (χ1v) is 16.4. The molecule has 0 unspecified atom stereocenters. The van der Waals surface area contributed by atoms with Crippen molar-refractivity contribution in [2.24, 2.45) is 0 Å². The van der Waals surface area contributed by atoms with Gasteiger partial charge in [-0.15, -0.1) is 0 Å². The average Bonchev–Trinajstić information content (AvgIpc) is 3.75. The largest absolute Gasteiger partial charge is 0.489 e. The van der Waals surface area contributed by atoms with Crippen LogP contribution in [0.1, 0.15) is 41.7 Å². The number of nitriles is 1. The highest BCUT2D eigenvalue weighted by atomic mass is 32.2. The number of hydrogen-bond donors (Lipinski definition) is 1. The Morgan fingerprint density at radius 3 is 2.37 bits per heavy atom. The van der Waals surface area contributed by atoms with Crippen LogP contribution in [0.2, 0.25) is 0 Å². The number of nitrogens with zero attached hydrogens (tertiary/aromatic N) is 4. The van der Waals surface area contributed by atoms with Gasteiger partial charge < -0.3 is 19.7 Å². The first-order chi connectivity index (χ1) is 22.2. The molecule has 10 nitrogen and oxygen atoms in total. The van der Waals surface area contributed by atoms with Crippen LogP contribution in [0.3, 0.4) is 0 Å². The SMILES string of the molecule is CCS(=O)(=O)c1ccc([C@H](CC#N)NC(=O)c2ccc(N3C[C@@H](Oc4ccc(-n5cccn5)cc4)C[C@H]3COC(F)F)cc2)cc1. The van der Waals surface area contributed by atoms with Crippen LogP contribution in [0.25, 0.3) is 5.69 Å². The molecule has 3 atom stereocenters. The number of alkyl halides is 2. The topological polar surface area (TPSA) is 127 Å². The standard InChI is InChI=1S/C33H33F2N5O5S/c1-2-46(42,43)30-14-6-23(7-15-30)31(16-17-36)38-32(41)24-4-8-25(9-5-24)39-21-29(20-27(39)22-44-33(34)35)45-28-12-10-26(11-13-28)40-19-3-18-37-40/h3-15,18-19,27,29,31,33H,2,16,20-22H2,1H3,(H,38,41)/t27-,29-,31-/m0/s1. The molecule has 13 heteroatoms. The number of sulfone groups is 1. The Kier molecular flexibility index (Phi) is 10.3. The zero-order chi connectivity index (χ0) is 32.7. The van der Waals surface area contributed by atoms with E-state index in [2.05, 4.69) is 21.2 Å². The fourth-order valence-corrected chi connectivity index (χ4v) is 6.26. The molecular weight excluding hydrogens is 616 g/mol. The predicted octanol–water partition coefficient (Wildman–Crippen LogP) is 5.32. The molecule has 1 amide bonds. The minimum absolute atomic E-state index is 0.0172. The van der Waals surface area contributed by atoms with Gasteiger partial charge in [0.05, 0.1) is 54.1 Å². The van der Waals surface area contributed by atoms with E-state index in [1.54, 1.807) is 54.2 Å². The second kappa shape index (κ2) is 14.5. The molecule has 4 aromatic rings. The molecule has 5 rings (SSSR count). The fourth-order valence-electron chi connectivity index (χ4n) is 5.37. The third kappa shape index (κ3) is 7.88. The third-order valence-corrected chi connectivity index (χ3v) is 9.53. The second-order valence-electron chi connectivity index (χ2n) is 10.7. The minimum Gasteiger partial charge on any atom is -0.489 e. The minimum atomic E-state index is -3.38. The van der Waals surface area contributed by atoms with Crippen LogP contribution in [-0.2, 0) is 14.6 Å². The van der Waals surface area contributed by atoms with Gasteiger partial charge in [-0.3, -0.25) is 4.79 Å². The van der Waals surface area contributed by atoms with E-state index >= 15 is 0 Å². The predicted molar refractivity (Wildman–Crippen MR) is 167 cm³/mol. The monoisotopic (exact) mass is 649 g/mol. The number of hydrogen-bond acceptors (Lipinski definition) is 8. The summed E-state index contributed by atoms with van der Waals surface area (Å²) >= 11 is 0. The lowest BCUT2D eigenvalue weighted by Crippen LogP contribution is -2.34. The molecule has 0 radical (unpaired) electrons. The van der Waals surface area contributed by atoms with Crippen molar-refractivity contribution in [1.29, 1.82) is 5.26 Å². The van der Waals surface area contributed by atoms with Gasteiger partial charge in [0.25, 0.3) is 5.91 Å². The molecule has 3 aromatic carbocycles. The molecule has 0 spiro atoms. The molecule has 0 aliphatic carbocycles. The van der Waals surface area contributed by atoms with Crippen molar-refractivity contribution in [3.05, 3.63) is 102 Å². The Bertz CT molecular complexity index is 1740. The highest BCUT2D eigenvalue weighted by Gasteiger charge is 2.34. The van der Waals surface area contributed by atoms with E-state index in [1.165, 1.54) is 12.1 Å². The number of aromatic nitrogens is 2. The fraction of sp³-hybridized carbons (Fsp3) is 0.303. The zero-order valence-electron chi connectivity index (χ0n) is 25.0. The molecule has 1 aliphatic heterocycles. The summed E-state index contributed by atoms with van der Waals surface area (Å²) in [5, 5.41) is 16.4. The summed E-state index contributed by atoms with van der Waals surface area (Å²) in [7, 11) is -3.38. The van der Waals surface area contributed by atoms with Crippen molar-refractivity contribution in [3.63, 3.8) is 0 Å². The Morgan fingerprint density at radius 1 is 1.07 bits per heavy atom. The van der Waals surface area contributed by atoms with E-state index in [9.17, 15) is 27.3 Å². The lowest BCUT2D eigenvalue weighted by atomic mass is 10.0. The van der Waals surface area contributed by atoms with E-state index in [4.69, 9.17) is 4.74 Å². The molecule has 1 N–H and O–H groups in total. The second-order valence-corrected chi connectivity index (χ2v) is 13.0. The van der Waals surface area contributed by atoms with E-state index in [0.717, 1.165) is 5.69 Å². The lowest BCUT2D eigenvalue weighted by Gasteiger charge is -2.26. The summed E-state index contributed by atoms with van der Waals surface area (Å²) < 4.78 is 62.8. The third-order valence-electron chi connectivity index (χ3n) is 7.78. The van der Waals surface area contributed by atoms with Crippen LogP contribution in [0.15, 0.2) is 96.2 Å². The number of anilines is 1. The maximum absolute atomic E-state index is 13.1. The van der Waals surface area contributed by atoms with Crippen LogP contribution < -0.4 is 15.0 Å². The number of benzene rings is 3. The summed E-state index contributed by atoms with van der Waals surface area (Å²) in [5.74, 6) is 0.181. The van der Waals surface area contributed by atoms with Gasteiger partial charge in [-0.25, -0.2) is 13.1 Å². The normalized spacial score (nSPS) is 17.1. The van der Waals surface area contributed by atoms with Crippen LogP contribution in [0.4, 0.5) is 14.5 Å². The van der Waals surface area contributed by atoms with Crippen molar-refractivity contribution < 1.29 is 31.5 Å². The summed E-state index contributed by atoms with van der Waals surface area (Å²) in [6, 6.07) is 23.1. The van der Waals surface area contributed by atoms with Crippen molar-refractivity contribution in [2.75, 3.05) is 23.8 Å². The van der Waals surface area contributed by atoms with Crippen LogP contribution in [0.5, 0.6) is 5.75 Å². The molecule has 1 fully saturated rings. The van der Waals surface area contributed by atoms with Crippen molar-refractivity contribution >= 4 is 21.4 Å². The van der Waals surface area contributed by atoms with Gasteiger partial charge in [-0.05, 0) is 72.3 Å². The van der Waals surface area contributed by atoms with Crippen LogP contribution in [0, 0.1) is 11.3 Å². The summed E-state index contributed by atoms with van der Waals surface area (Å²) in [6.45, 7) is -1.13. The number of rotatable bonds is 13. The van der Waals surface area contributed by atoms with Crippen LogP contribution in [-0.4, -0.2) is 61.8 Å². The van der Waals surface area contributed by atoms with Gasteiger partial charge in [0.15, 0.2) is 9.84 Å². The van der Waals surface area contributed by atoms with E-state index in [-0.39, 0.29) is 35.8 Å². The van der Waals surface area contributed by atoms with Gasteiger partial charge >= 0.3 is 6.61 Å². The number of halogens is 2. The zero-order valence-corrected chi connectivity index (χ0v) is 25.8. The summed E-state index contributed by atoms with van der Waals surface area (Å²) in [6.07, 6.45) is 3.66. The number of carbonyl (C=O) groups is 1. The quantitative estimate of drug-likeness (QED) is 0.206. The number of ether oxygens (including phenoxy) is 2. The molecule has 1 saturated heterocycles. The Morgan fingerprint density at radius 2 is 1.76 bits per heavy atom. The van der Waals surface area contributed by atoms with Gasteiger partial charge in [0, 0.05) is 30.1 Å². The molecule has 2 heterocycles. The maximum atomic E-state index is 13.1. The summed E-state index contributed by atoms with van der Waals surface area (Å²) in [5.41, 5.74) is 2.52. The molecule has 1 aromatic heterocycles. The lowest BCUT2D eigenvalue weighted by molar-refractivity contribution is -0.131. The molecule has 46 heavy (non-hydrogen) atoms. The van der Waals surface area contributed by atoms with E-state index in [1.807, 2.05) is 41.4 Å². The van der Waals surface area contributed by atoms with Gasteiger partial charge in [-0.1, -0.05) is 19.1 Å². The van der Waals surface area contributed by atoms with Crippen LogP contribution >= 0.6 is 0 Å². The first-order valence-electron chi connectivity index (χ1n) is 14.7. The summed E-state index contributed by atoms with van der Waals surface area (Å²) in [4.78, 5) is 15.2. The van der Waals surface area contributed by atoms with E-state index < -0.39 is 28.4 Å². The maximum Gasteiger partial charge on any atom is 0.345 e. The molecule has 0 bridgehead atoms. The molecule has 0 saturated carbocycles. The number of nitrogens with one attached hydrogen (secondary N) is 1. The number of amides is 1. The highest BCUT2D eigenvalue weighted by molar-refractivity contribution is 7.91. The van der Waals surface area contributed by atoms with Gasteiger partial charge in [-0.2, -0.15) is 19.1 Å². The van der Waals surface area contributed by atoms with E-state index in [0.29, 0.717) is 35.5 Å². The average molecular weight is 650 g/mol. The Labute approximate surface area is 266 Å². The highest BCUT2D eigenvalue weighted by Crippen LogP contribution is 2.30. The van der Waals surface area contributed by atoms with Gasteiger partial charge in [0.1, 0.15) is 11.9 Å². The Balaban J connectivity index is 1.26. The molecular formula is C33H33F2N5O5S. The van der Waals surface area contributed by atoms with Gasteiger partial charge in [0.2, 0.25) is 0 Å². The van der Waals surface area contributed by atoms with Crippen molar-refractivity contribution in [1.82, 2.24) is 15.1 Å². The Hall–Kier alpha value is -4.80. The molecule has 1 aliphatic rings. The van der Waals surface area contributed by atoms with Crippen molar-refractivity contribution in [3.8, 4) is 17.5 Å². The molecule has 240 valence electrons. The number of carbonyl (C=O) groups excluding carboxylic acids is 1. The smallest absolute Gasteiger partial charge is 0.345 e. The van der Waals surface area contributed by atoms with Crippen molar-refractivity contribution in [2.45, 2.75) is 49.5 Å².